The summed E-state index contributed by atoms with van der Waals surface area (Å²) in [6, 6.07) is 4.79. The summed E-state index contributed by atoms with van der Waals surface area (Å²) >= 11 is 0. The summed E-state index contributed by atoms with van der Waals surface area (Å²) in [7, 11) is 3.12. The smallest absolute Gasteiger partial charge is 0.173 e. The largest absolute Gasteiger partial charge is 0.380 e. The maximum Gasteiger partial charge on any atom is 0.173 e. The Labute approximate surface area is 89.2 Å². The molecule has 0 fully saturated rings. The van der Waals surface area contributed by atoms with Crippen LogP contribution in [0.4, 0.5) is 10.1 Å². The van der Waals surface area contributed by atoms with Gasteiger partial charge in [-0.3, -0.25) is 0 Å². The summed E-state index contributed by atoms with van der Waals surface area (Å²) in [5.41, 5.74) is 1.61. The molecular weight excluding hydrogens is 197 g/mol. The van der Waals surface area contributed by atoms with Crippen LogP contribution < -0.4 is 5.32 Å². The third-order valence-corrected chi connectivity index (χ3v) is 2.04. The van der Waals surface area contributed by atoms with Crippen LogP contribution in [0.5, 0.6) is 0 Å². The van der Waals surface area contributed by atoms with E-state index in [1.54, 1.807) is 14.2 Å². The fourth-order valence-corrected chi connectivity index (χ4v) is 1.30. The van der Waals surface area contributed by atoms with Crippen LogP contribution >= 0.6 is 0 Å². The fraction of sp³-hybridized carbons (Fsp3) is 0.455. The summed E-state index contributed by atoms with van der Waals surface area (Å²) in [5.74, 6) is -0.246. The SMILES string of the molecule is COC(CNc1cc(C)cc(F)c1)OC. The van der Waals surface area contributed by atoms with Gasteiger partial charge in [0.15, 0.2) is 6.29 Å². The molecule has 0 aliphatic heterocycles. The molecule has 0 atom stereocenters. The van der Waals surface area contributed by atoms with Gasteiger partial charge in [-0.1, -0.05) is 0 Å². The van der Waals surface area contributed by atoms with Crippen molar-refractivity contribution in [1.29, 1.82) is 0 Å². The molecule has 3 nitrogen and oxygen atoms in total. The lowest BCUT2D eigenvalue weighted by Gasteiger charge is -2.15. The second-order valence-electron chi connectivity index (χ2n) is 3.30. The van der Waals surface area contributed by atoms with Crippen LogP contribution in [0.3, 0.4) is 0 Å². The van der Waals surface area contributed by atoms with E-state index in [0.717, 1.165) is 11.3 Å². The van der Waals surface area contributed by atoms with Crippen LogP contribution in [0, 0.1) is 12.7 Å². The molecule has 0 saturated carbocycles. The van der Waals surface area contributed by atoms with Gasteiger partial charge >= 0.3 is 0 Å². The Bertz CT molecular complexity index is 293. The number of anilines is 1. The summed E-state index contributed by atoms with van der Waals surface area (Å²) in [6.07, 6.45) is -0.325. The monoisotopic (exact) mass is 213 g/mol. The van der Waals surface area contributed by atoms with E-state index in [1.165, 1.54) is 12.1 Å². The van der Waals surface area contributed by atoms with E-state index in [0.29, 0.717) is 6.54 Å². The van der Waals surface area contributed by atoms with E-state index in [1.807, 2.05) is 13.0 Å². The van der Waals surface area contributed by atoms with Crippen LogP contribution in [0.1, 0.15) is 5.56 Å². The number of hydrogen-bond donors (Lipinski definition) is 1. The quantitative estimate of drug-likeness (QED) is 0.760. The number of rotatable bonds is 5. The molecule has 0 unspecified atom stereocenters. The van der Waals surface area contributed by atoms with E-state index < -0.39 is 0 Å². The predicted octanol–water partition coefficient (Wildman–Crippen LogP) is 2.16. The molecule has 1 N–H and O–H groups in total. The van der Waals surface area contributed by atoms with Crippen molar-refractivity contribution in [2.24, 2.45) is 0 Å². The Hall–Kier alpha value is -1.13. The standard InChI is InChI=1S/C11H16FNO2/c1-8-4-9(12)6-10(5-8)13-7-11(14-2)15-3/h4-6,11,13H,7H2,1-3H3. The minimum atomic E-state index is -0.325. The summed E-state index contributed by atoms with van der Waals surface area (Å²) < 4.78 is 23.0. The highest BCUT2D eigenvalue weighted by Crippen LogP contribution is 2.13. The first kappa shape index (κ1) is 11.9. The zero-order chi connectivity index (χ0) is 11.3. The molecule has 84 valence electrons. The normalized spacial score (nSPS) is 10.7. The number of methoxy groups -OCH3 is 2. The number of ether oxygens (including phenoxy) is 2. The van der Waals surface area contributed by atoms with Crippen molar-refractivity contribution in [3.05, 3.63) is 29.6 Å². The highest BCUT2D eigenvalue weighted by molar-refractivity contribution is 5.45. The van der Waals surface area contributed by atoms with Gasteiger partial charge in [0.05, 0.1) is 6.54 Å². The van der Waals surface area contributed by atoms with Gasteiger partial charge in [-0.05, 0) is 30.7 Å². The van der Waals surface area contributed by atoms with Gasteiger partial charge in [-0.2, -0.15) is 0 Å². The van der Waals surface area contributed by atoms with Crippen molar-refractivity contribution < 1.29 is 13.9 Å². The fourth-order valence-electron chi connectivity index (χ4n) is 1.30. The third kappa shape index (κ3) is 3.85. The number of hydrogen-bond acceptors (Lipinski definition) is 3. The van der Waals surface area contributed by atoms with Crippen molar-refractivity contribution in [3.8, 4) is 0 Å². The van der Waals surface area contributed by atoms with Crippen molar-refractivity contribution in [2.45, 2.75) is 13.2 Å². The molecule has 0 aliphatic rings. The van der Waals surface area contributed by atoms with Gasteiger partial charge in [0.2, 0.25) is 0 Å². The molecule has 0 heterocycles. The van der Waals surface area contributed by atoms with Crippen molar-refractivity contribution >= 4 is 5.69 Å². The van der Waals surface area contributed by atoms with Crippen LogP contribution in [0.25, 0.3) is 0 Å². The number of nitrogens with one attached hydrogen (secondary N) is 1. The minimum absolute atomic E-state index is 0.246. The third-order valence-electron chi connectivity index (χ3n) is 2.04. The molecule has 1 rings (SSSR count). The van der Waals surface area contributed by atoms with Crippen LogP contribution in [-0.4, -0.2) is 27.1 Å². The first-order valence-electron chi connectivity index (χ1n) is 4.72. The van der Waals surface area contributed by atoms with Crippen LogP contribution in [0.2, 0.25) is 0 Å². The second-order valence-corrected chi connectivity index (χ2v) is 3.30. The topological polar surface area (TPSA) is 30.5 Å². The van der Waals surface area contributed by atoms with Gasteiger partial charge in [0.25, 0.3) is 0 Å². The highest BCUT2D eigenvalue weighted by atomic mass is 19.1. The van der Waals surface area contributed by atoms with Crippen LogP contribution in [-0.2, 0) is 9.47 Å². The van der Waals surface area contributed by atoms with Gasteiger partial charge in [0, 0.05) is 19.9 Å². The Morgan fingerprint density at radius 3 is 2.47 bits per heavy atom. The summed E-state index contributed by atoms with van der Waals surface area (Å²) in [5, 5.41) is 3.04. The molecule has 1 aromatic rings. The average molecular weight is 213 g/mol. The predicted molar refractivity (Wildman–Crippen MR) is 57.4 cm³/mol. The van der Waals surface area contributed by atoms with E-state index in [4.69, 9.17) is 9.47 Å². The molecular formula is C11H16FNO2. The van der Waals surface area contributed by atoms with E-state index in [9.17, 15) is 4.39 Å². The Morgan fingerprint density at radius 2 is 1.93 bits per heavy atom. The Morgan fingerprint density at radius 1 is 1.27 bits per heavy atom. The first-order chi connectivity index (χ1) is 7.15. The second kappa shape index (κ2) is 5.68. The lowest BCUT2D eigenvalue weighted by molar-refractivity contribution is -0.0914. The van der Waals surface area contributed by atoms with E-state index >= 15 is 0 Å². The summed E-state index contributed by atoms with van der Waals surface area (Å²) in [4.78, 5) is 0. The molecule has 0 bridgehead atoms. The lowest BCUT2D eigenvalue weighted by atomic mass is 10.2. The number of aryl methyl sites for hydroxylation is 1. The molecule has 0 spiro atoms. The first-order valence-corrected chi connectivity index (χ1v) is 4.72. The molecule has 0 aromatic heterocycles. The summed E-state index contributed by atoms with van der Waals surface area (Å²) in [6.45, 7) is 2.33. The van der Waals surface area contributed by atoms with E-state index in [-0.39, 0.29) is 12.1 Å². The Kier molecular flexibility index (Phi) is 4.52. The van der Waals surface area contributed by atoms with Gasteiger partial charge in [-0.25, -0.2) is 4.39 Å². The van der Waals surface area contributed by atoms with Crippen molar-refractivity contribution in [1.82, 2.24) is 0 Å². The highest BCUT2D eigenvalue weighted by Gasteiger charge is 2.04. The zero-order valence-corrected chi connectivity index (χ0v) is 9.21. The van der Waals surface area contributed by atoms with Gasteiger partial charge in [0.1, 0.15) is 5.82 Å². The minimum Gasteiger partial charge on any atom is -0.380 e. The molecule has 0 aliphatic carbocycles. The maximum atomic E-state index is 13.0. The van der Waals surface area contributed by atoms with Gasteiger partial charge < -0.3 is 14.8 Å². The molecule has 0 saturated heterocycles. The molecule has 4 heteroatoms. The van der Waals surface area contributed by atoms with Crippen molar-refractivity contribution in [2.75, 3.05) is 26.1 Å². The molecule has 0 radical (unpaired) electrons. The van der Waals surface area contributed by atoms with Crippen molar-refractivity contribution in [3.63, 3.8) is 0 Å². The van der Waals surface area contributed by atoms with E-state index in [2.05, 4.69) is 5.32 Å². The maximum absolute atomic E-state index is 13.0. The molecule has 0 amide bonds. The molecule has 15 heavy (non-hydrogen) atoms. The lowest BCUT2D eigenvalue weighted by Crippen LogP contribution is -2.23. The number of benzene rings is 1. The number of halogens is 1. The van der Waals surface area contributed by atoms with Crippen LogP contribution in [0.15, 0.2) is 18.2 Å². The zero-order valence-electron chi connectivity index (χ0n) is 9.21. The molecule has 1 aromatic carbocycles. The Balaban J connectivity index is 2.57. The average Bonchev–Trinajstić information content (AvgIpc) is 2.18. The van der Waals surface area contributed by atoms with Gasteiger partial charge in [-0.15, -0.1) is 0 Å².